The van der Waals surface area contributed by atoms with Crippen LogP contribution in [0.25, 0.3) is 22.3 Å². The fraction of sp³-hybridized carbons (Fsp3) is 0.0417. The molecular formula is C24H17ClN8. The summed E-state index contributed by atoms with van der Waals surface area (Å²) in [6.45, 7) is 1.99. The lowest BCUT2D eigenvalue weighted by atomic mass is 10.0. The summed E-state index contributed by atoms with van der Waals surface area (Å²) in [5.74, 6) is 0.902. The monoisotopic (exact) mass is 452 g/mol. The zero-order valence-electron chi connectivity index (χ0n) is 17.5. The van der Waals surface area contributed by atoms with E-state index in [9.17, 15) is 0 Å². The number of hydrogen-bond donors (Lipinski definition) is 3. The molecule has 0 aliphatic heterocycles. The van der Waals surface area contributed by atoms with Gasteiger partial charge in [0.1, 0.15) is 5.52 Å². The minimum Gasteiger partial charge on any atom is -0.340 e. The first-order chi connectivity index (χ1) is 16.1. The summed E-state index contributed by atoms with van der Waals surface area (Å²) < 4.78 is 0. The fourth-order valence-corrected chi connectivity index (χ4v) is 3.78. The van der Waals surface area contributed by atoms with Gasteiger partial charge in [0, 0.05) is 18.1 Å². The molecule has 8 nitrogen and oxygen atoms in total. The number of nitrogens with zero attached hydrogens (tertiary/aromatic N) is 5. The minimum absolute atomic E-state index is 0.365. The van der Waals surface area contributed by atoms with Crippen LogP contribution in [0.5, 0.6) is 0 Å². The molecule has 0 saturated carbocycles. The average molecular weight is 453 g/mol. The third kappa shape index (κ3) is 4.18. The van der Waals surface area contributed by atoms with E-state index in [4.69, 9.17) is 16.9 Å². The Balaban J connectivity index is 1.50. The van der Waals surface area contributed by atoms with Crippen LogP contribution in [0.2, 0.25) is 5.02 Å². The Morgan fingerprint density at radius 1 is 0.970 bits per heavy atom. The van der Waals surface area contributed by atoms with Crippen molar-refractivity contribution in [3.8, 4) is 17.2 Å². The van der Waals surface area contributed by atoms with Crippen molar-refractivity contribution in [3.63, 3.8) is 0 Å². The van der Waals surface area contributed by atoms with Gasteiger partial charge in [-0.15, -0.1) is 0 Å². The third-order valence-electron chi connectivity index (χ3n) is 5.10. The normalized spacial score (nSPS) is 10.7. The summed E-state index contributed by atoms with van der Waals surface area (Å²) in [5, 5.41) is 16.1. The van der Waals surface area contributed by atoms with Crippen molar-refractivity contribution >= 4 is 45.9 Å². The second-order valence-corrected chi connectivity index (χ2v) is 7.73. The SMILES string of the molecule is Cc1cc(-c2ccncc2)cc(Cl)c1Nc1nc(Nc2ccc(C#N)cc2)nc2nc[nH]c12. The van der Waals surface area contributed by atoms with E-state index in [1.807, 2.05) is 25.1 Å². The maximum atomic E-state index is 8.99. The molecule has 160 valence electrons. The van der Waals surface area contributed by atoms with Crippen molar-refractivity contribution in [3.05, 3.63) is 83.4 Å². The molecular weight excluding hydrogens is 436 g/mol. The number of nitrogens with one attached hydrogen (secondary N) is 3. The molecule has 0 bridgehead atoms. The lowest BCUT2D eigenvalue weighted by Crippen LogP contribution is -2.03. The highest BCUT2D eigenvalue weighted by Gasteiger charge is 2.14. The summed E-state index contributed by atoms with van der Waals surface area (Å²) in [6.07, 6.45) is 5.07. The van der Waals surface area contributed by atoms with Gasteiger partial charge in [-0.3, -0.25) is 4.98 Å². The number of aryl methyl sites for hydroxylation is 1. The summed E-state index contributed by atoms with van der Waals surface area (Å²) in [7, 11) is 0. The van der Waals surface area contributed by atoms with E-state index in [1.165, 1.54) is 0 Å². The van der Waals surface area contributed by atoms with Crippen molar-refractivity contribution in [2.24, 2.45) is 0 Å². The second-order valence-electron chi connectivity index (χ2n) is 7.32. The van der Waals surface area contributed by atoms with E-state index in [0.717, 1.165) is 28.1 Å². The highest BCUT2D eigenvalue weighted by molar-refractivity contribution is 6.34. The van der Waals surface area contributed by atoms with Gasteiger partial charge in [-0.25, -0.2) is 4.98 Å². The van der Waals surface area contributed by atoms with Crippen LogP contribution in [-0.4, -0.2) is 24.9 Å². The summed E-state index contributed by atoms with van der Waals surface area (Å²) >= 11 is 6.67. The molecule has 5 aromatic rings. The molecule has 0 radical (unpaired) electrons. The average Bonchev–Trinajstić information content (AvgIpc) is 3.31. The van der Waals surface area contributed by atoms with Crippen molar-refractivity contribution in [2.75, 3.05) is 10.6 Å². The number of aromatic amines is 1. The molecule has 5 rings (SSSR count). The molecule has 0 spiro atoms. The number of halogens is 1. The Morgan fingerprint density at radius 3 is 2.48 bits per heavy atom. The maximum Gasteiger partial charge on any atom is 0.231 e. The van der Waals surface area contributed by atoms with Gasteiger partial charge in [-0.2, -0.15) is 15.2 Å². The quantitative estimate of drug-likeness (QED) is 0.311. The van der Waals surface area contributed by atoms with E-state index in [1.54, 1.807) is 43.0 Å². The molecule has 0 saturated heterocycles. The van der Waals surface area contributed by atoms with Crippen LogP contribution in [-0.2, 0) is 0 Å². The van der Waals surface area contributed by atoms with Gasteiger partial charge in [-0.1, -0.05) is 11.6 Å². The van der Waals surface area contributed by atoms with E-state index in [0.29, 0.717) is 33.5 Å². The minimum atomic E-state index is 0.365. The fourth-order valence-electron chi connectivity index (χ4n) is 3.47. The first-order valence-corrected chi connectivity index (χ1v) is 10.4. The molecule has 3 N–H and O–H groups in total. The van der Waals surface area contributed by atoms with E-state index in [2.05, 4.69) is 47.7 Å². The number of H-pyrrole nitrogens is 1. The highest BCUT2D eigenvalue weighted by atomic mass is 35.5. The Bertz CT molecular complexity index is 1460. The number of benzene rings is 2. The van der Waals surface area contributed by atoms with Gasteiger partial charge in [0.2, 0.25) is 5.95 Å². The standard InChI is InChI=1S/C24H17ClN8/c1-14-10-17(16-6-8-27-9-7-16)11-19(25)20(14)31-23-21-22(29-13-28-21)32-24(33-23)30-18-4-2-15(12-26)3-5-18/h2-11,13H,1H3,(H3,28,29,30,31,32,33). The van der Waals surface area contributed by atoms with Crippen molar-refractivity contribution < 1.29 is 0 Å². The molecule has 0 atom stereocenters. The third-order valence-corrected chi connectivity index (χ3v) is 5.40. The smallest absolute Gasteiger partial charge is 0.231 e. The predicted molar refractivity (Wildman–Crippen MR) is 129 cm³/mol. The predicted octanol–water partition coefficient (Wildman–Crippen LogP) is 5.74. The van der Waals surface area contributed by atoms with Crippen LogP contribution in [0, 0.1) is 18.3 Å². The summed E-state index contributed by atoms with van der Waals surface area (Å²) in [6, 6.07) is 17.0. The number of fused-ring (bicyclic) bond motifs is 1. The first kappa shape index (κ1) is 20.4. The molecule has 0 amide bonds. The Morgan fingerprint density at radius 2 is 1.76 bits per heavy atom. The van der Waals surface area contributed by atoms with E-state index >= 15 is 0 Å². The van der Waals surface area contributed by atoms with Crippen LogP contribution in [0.15, 0.2) is 67.3 Å². The van der Waals surface area contributed by atoms with Crippen LogP contribution >= 0.6 is 11.6 Å². The lowest BCUT2D eigenvalue weighted by Gasteiger charge is -2.15. The molecule has 9 heteroatoms. The van der Waals surface area contributed by atoms with Gasteiger partial charge >= 0.3 is 0 Å². The van der Waals surface area contributed by atoms with Crippen LogP contribution in [0.3, 0.4) is 0 Å². The molecule has 2 aromatic carbocycles. The zero-order chi connectivity index (χ0) is 22.8. The number of hydrogen-bond acceptors (Lipinski definition) is 7. The number of anilines is 4. The van der Waals surface area contributed by atoms with Crippen molar-refractivity contribution in [2.45, 2.75) is 6.92 Å². The number of rotatable bonds is 5. The van der Waals surface area contributed by atoms with Crippen molar-refractivity contribution in [1.29, 1.82) is 5.26 Å². The van der Waals surface area contributed by atoms with Gasteiger partial charge in [0.25, 0.3) is 0 Å². The highest BCUT2D eigenvalue weighted by Crippen LogP contribution is 2.35. The Hall–Kier alpha value is -4.48. The molecule has 0 aliphatic carbocycles. The van der Waals surface area contributed by atoms with Crippen LogP contribution in [0.1, 0.15) is 11.1 Å². The molecule has 0 fully saturated rings. The number of aromatic nitrogens is 5. The molecule has 0 unspecified atom stereocenters. The number of imidazole rings is 1. The lowest BCUT2D eigenvalue weighted by molar-refractivity contribution is 1.19. The Kier molecular flexibility index (Phi) is 5.30. The van der Waals surface area contributed by atoms with Crippen LogP contribution < -0.4 is 10.6 Å². The van der Waals surface area contributed by atoms with Crippen LogP contribution in [0.4, 0.5) is 23.1 Å². The molecule has 3 heterocycles. The van der Waals surface area contributed by atoms with Gasteiger partial charge < -0.3 is 15.6 Å². The Labute approximate surface area is 194 Å². The van der Waals surface area contributed by atoms with Crippen molar-refractivity contribution in [1.82, 2.24) is 24.9 Å². The van der Waals surface area contributed by atoms with E-state index in [-0.39, 0.29) is 0 Å². The topological polar surface area (TPSA) is 115 Å². The van der Waals surface area contributed by atoms with E-state index < -0.39 is 0 Å². The largest absolute Gasteiger partial charge is 0.340 e. The molecule has 3 aromatic heterocycles. The van der Waals surface area contributed by atoms with Gasteiger partial charge in [-0.05, 0) is 72.1 Å². The summed E-state index contributed by atoms with van der Waals surface area (Å²) in [5.41, 5.74) is 6.24. The van der Waals surface area contributed by atoms with Gasteiger partial charge in [0.15, 0.2) is 11.5 Å². The molecule has 0 aliphatic rings. The maximum absolute atomic E-state index is 8.99. The van der Waals surface area contributed by atoms with Gasteiger partial charge in [0.05, 0.1) is 28.7 Å². The molecule has 33 heavy (non-hydrogen) atoms. The number of pyridine rings is 1. The second kappa shape index (κ2) is 8.57. The summed E-state index contributed by atoms with van der Waals surface area (Å²) in [4.78, 5) is 20.5. The number of nitriles is 1. The first-order valence-electron chi connectivity index (χ1n) is 10.1. The zero-order valence-corrected chi connectivity index (χ0v) is 18.2.